The molecule has 0 atom stereocenters. The molecule has 1 aromatic heterocycles. The fraction of sp³-hybridized carbons (Fsp3) is 0.238. The normalized spacial score (nSPS) is 10.7. The molecule has 3 aromatic rings. The Morgan fingerprint density at radius 1 is 0.966 bits per heavy atom. The molecule has 0 aliphatic carbocycles. The zero-order chi connectivity index (χ0) is 21.3. The summed E-state index contributed by atoms with van der Waals surface area (Å²) >= 11 is 3.31. The lowest BCUT2D eigenvalue weighted by Crippen LogP contribution is -2.05. The lowest BCUT2D eigenvalue weighted by Gasteiger charge is -2.12. The number of ketones is 1. The zero-order valence-corrected chi connectivity index (χ0v) is 18.1. The second kappa shape index (κ2) is 8.16. The van der Waals surface area contributed by atoms with Gasteiger partial charge in [-0.3, -0.25) is 9.59 Å². The van der Waals surface area contributed by atoms with E-state index >= 15 is 0 Å². The van der Waals surface area contributed by atoms with Crippen molar-refractivity contribution in [3.05, 3.63) is 45.6 Å². The van der Waals surface area contributed by atoms with Gasteiger partial charge in [-0.1, -0.05) is 0 Å². The number of hydrogen-bond donors (Lipinski definition) is 0. The first kappa shape index (κ1) is 20.7. The average Bonchev–Trinajstić information content (AvgIpc) is 3.03. The summed E-state index contributed by atoms with van der Waals surface area (Å²) in [6.07, 6.45) is 0. The Bertz CT molecular complexity index is 1090. The number of rotatable bonds is 6. The number of benzene rings is 2. The number of esters is 1. The van der Waals surface area contributed by atoms with E-state index in [1.807, 2.05) is 6.92 Å². The first-order chi connectivity index (χ1) is 13.8. The van der Waals surface area contributed by atoms with Crippen LogP contribution in [0.1, 0.15) is 28.4 Å². The van der Waals surface area contributed by atoms with E-state index in [1.165, 1.54) is 28.3 Å². The Balaban J connectivity index is 2.22. The van der Waals surface area contributed by atoms with E-state index in [2.05, 4.69) is 15.9 Å². The van der Waals surface area contributed by atoms with Crippen molar-refractivity contribution in [3.8, 4) is 23.0 Å². The van der Waals surface area contributed by atoms with Gasteiger partial charge in [-0.25, -0.2) is 0 Å². The van der Waals surface area contributed by atoms with E-state index in [-0.39, 0.29) is 27.3 Å². The zero-order valence-electron chi connectivity index (χ0n) is 16.5. The maximum Gasteiger partial charge on any atom is 0.308 e. The SMILES string of the molecule is COc1cc(C(=O)c2c(Br)oc3c(OC(C)=O)c(OC)ccc23)cc(OC)c1C. The average molecular weight is 463 g/mol. The Morgan fingerprint density at radius 3 is 2.07 bits per heavy atom. The monoisotopic (exact) mass is 462 g/mol. The third-order valence-corrected chi connectivity index (χ3v) is 5.00. The predicted octanol–water partition coefficient (Wildman–Crippen LogP) is 4.69. The predicted molar refractivity (Wildman–Crippen MR) is 109 cm³/mol. The second-order valence-corrected chi connectivity index (χ2v) is 6.87. The van der Waals surface area contributed by atoms with E-state index in [0.29, 0.717) is 28.2 Å². The van der Waals surface area contributed by atoms with Crippen LogP contribution in [0.25, 0.3) is 11.0 Å². The molecule has 0 saturated heterocycles. The van der Waals surface area contributed by atoms with Crippen LogP contribution in [0.4, 0.5) is 0 Å². The minimum absolute atomic E-state index is 0.108. The highest BCUT2D eigenvalue weighted by Crippen LogP contribution is 2.42. The van der Waals surface area contributed by atoms with Crippen molar-refractivity contribution in [1.29, 1.82) is 0 Å². The van der Waals surface area contributed by atoms with Gasteiger partial charge in [0.05, 0.1) is 26.9 Å². The number of halogens is 1. The van der Waals surface area contributed by atoms with Crippen LogP contribution in [0.15, 0.2) is 33.4 Å². The van der Waals surface area contributed by atoms with Crippen LogP contribution in [0.3, 0.4) is 0 Å². The van der Waals surface area contributed by atoms with Crippen molar-refractivity contribution in [1.82, 2.24) is 0 Å². The maximum absolute atomic E-state index is 13.3. The standard InChI is InChI=1S/C21H19BrO7/c1-10-15(26-4)8-12(9-16(10)27-5)18(24)17-13-6-7-14(25-3)20(28-11(2)23)19(13)29-21(17)22/h6-9H,1-5H3. The number of fused-ring (bicyclic) bond motifs is 1. The lowest BCUT2D eigenvalue weighted by molar-refractivity contribution is -0.131. The van der Waals surface area contributed by atoms with Gasteiger partial charge in [0.15, 0.2) is 21.8 Å². The van der Waals surface area contributed by atoms with Crippen LogP contribution < -0.4 is 18.9 Å². The summed E-state index contributed by atoms with van der Waals surface area (Å²) in [7, 11) is 4.50. The molecule has 2 aromatic carbocycles. The van der Waals surface area contributed by atoms with Gasteiger partial charge in [-0.2, -0.15) is 0 Å². The van der Waals surface area contributed by atoms with E-state index in [1.54, 1.807) is 24.3 Å². The molecule has 0 amide bonds. The summed E-state index contributed by atoms with van der Waals surface area (Å²) in [5.41, 5.74) is 1.65. The summed E-state index contributed by atoms with van der Waals surface area (Å²) in [5.74, 6) is 0.621. The number of carbonyl (C=O) groups excluding carboxylic acids is 2. The van der Waals surface area contributed by atoms with Gasteiger partial charge in [0.2, 0.25) is 5.75 Å². The third-order valence-electron chi connectivity index (χ3n) is 4.44. The molecule has 0 saturated carbocycles. The van der Waals surface area contributed by atoms with Crippen molar-refractivity contribution in [2.24, 2.45) is 0 Å². The lowest BCUT2D eigenvalue weighted by atomic mass is 10.00. The van der Waals surface area contributed by atoms with Crippen molar-refractivity contribution in [3.63, 3.8) is 0 Å². The molecule has 1 heterocycles. The van der Waals surface area contributed by atoms with Crippen LogP contribution in [-0.4, -0.2) is 33.1 Å². The van der Waals surface area contributed by atoms with Crippen molar-refractivity contribution >= 4 is 38.7 Å². The fourth-order valence-electron chi connectivity index (χ4n) is 3.06. The van der Waals surface area contributed by atoms with Crippen molar-refractivity contribution < 1.29 is 33.0 Å². The minimum atomic E-state index is -0.538. The molecule has 152 valence electrons. The van der Waals surface area contributed by atoms with Gasteiger partial charge in [-0.15, -0.1) is 0 Å². The van der Waals surface area contributed by atoms with E-state index in [0.717, 1.165) is 5.56 Å². The van der Waals surface area contributed by atoms with E-state index in [9.17, 15) is 9.59 Å². The number of ether oxygens (including phenoxy) is 4. The number of carbonyl (C=O) groups is 2. The molecule has 0 spiro atoms. The number of furan rings is 1. The van der Waals surface area contributed by atoms with Crippen molar-refractivity contribution in [2.75, 3.05) is 21.3 Å². The molecule has 0 aliphatic rings. The molecule has 0 aliphatic heterocycles. The first-order valence-electron chi connectivity index (χ1n) is 8.57. The molecular weight excluding hydrogens is 444 g/mol. The molecule has 8 heteroatoms. The molecule has 0 unspecified atom stereocenters. The highest BCUT2D eigenvalue weighted by Gasteiger charge is 2.26. The molecule has 0 bridgehead atoms. The van der Waals surface area contributed by atoms with Gasteiger partial charge in [0.25, 0.3) is 0 Å². The summed E-state index contributed by atoms with van der Waals surface area (Å²) in [6, 6.07) is 6.56. The summed E-state index contributed by atoms with van der Waals surface area (Å²) in [4.78, 5) is 24.9. The third kappa shape index (κ3) is 3.67. The van der Waals surface area contributed by atoms with Crippen LogP contribution in [0, 0.1) is 6.92 Å². The Labute approximate surface area is 175 Å². The number of methoxy groups -OCH3 is 3. The Kier molecular flexibility index (Phi) is 5.83. The highest BCUT2D eigenvalue weighted by atomic mass is 79.9. The van der Waals surface area contributed by atoms with Crippen LogP contribution in [0.2, 0.25) is 0 Å². The van der Waals surface area contributed by atoms with E-state index < -0.39 is 5.97 Å². The summed E-state index contributed by atoms with van der Waals surface area (Å²) in [6.45, 7) is 3.11. The van der Waals surface area contributed by atoms with Crippen LogP contribution in [-0.2, 0) is 4.79 Å². The first-order valence-corrected chi connectivity index (χ1v) is 9.36. The molecular formula is C21H19BrO7. The largest absolute Gasteiger partial charge is 0.496 e. The molecule has 0 N–H and O–H groups in total. The molecule has 0 fully saturated rings. The fourth-order valence-corrected chi connectivity index (χ4v) is 3.62. The van der Waals surface area contributed by atoms with Crippen LogP contribution >= 0.6 is 15.9 Å². The van der Waals surface area contributed by atoms with Crippen LogP contribution in [0.5, 0.6) is 23.0 Å². The van der Waals surface area contributed by atoms with Gasteiger partial charge >= 0.3 is 5.97 Å². The van der Waals surface area contributed by atoms with Gasteiger partial charge in [0, 0.05) is 23.4 Å². The van der Waals surface area contributed by atoms with E-state index in [4.69, 9.17) is 23.4 Å². The smallest absolute Gasteiger partial charge is 0.308 e. The second-order valence-electron chi connectivity index (χ2n) is 6.15. The minimum Gasteiger partial charge on any atom is -0.496 e. The maximum atomic E-state index is 13.3. The quantitative estimate of drug-likeness (QED) is 0.298. The van der Waals surface area contributed by atoms with Gasteiger partial charge < -0.3 is 23.4 Å². The number of hydrogen-bond acceptors (Lipinski definition) is 7. The molecule has 0 radical (unpaired) electrons. The topological polar surface area (TPSA) is 84.2 Å². The highest BCUT2D eigenvalue weighted by molar-refractivity contribution is 9.10. The van der Waals surface area contributed by atoms with Gasteiger partial charge in [-0.05, 0) is 47.1 Å². The van der Waals surface area contributed by atoms with Crippen molar-refractivity contribution in [2.45, 2.75) is 13.8 Å². The summed E-state index contributed by atoms with van der Waals surface area (Å²) in [5, 5.41) is 0.470. The Morgan fingerprint density at radius 2 is 1.55 bits per heavy atom. The Hall–Kier alpha value is -3.00. The van der Waals surface area contributed by atoms with Gasteiger partial charge in [0.1, 0.15) is 11.5 Å². The molecule has 3 rings (SSSR count). The molecule has 7 nitrogen and oxygen atoms in total. The molecule has 29 heavy (non-hydrogen) atoms. The summed E-state index contributed by atoms with van der Waals surface area (Å²) < 4.78 is 27.2.